The Bertz CT molecular complexity index is 552. The highest BCUT2D eigenvalue weighted by atomic mass is 35.5. The number of fused-ring (bicyclic) bond motifs is 5. The zero-order valence-corrected chi connectivity index (χ0v) is 15.7. The van der Waals surface area contributed by atoms with Gasteiger partial charge in [0.2, 0.25) is 0 Å². The van der Waals surface area contributed by atoms with Crippen LogP contribution in [0.2, 0.25) is 0 Å². The Kier molecular flexibility index (Phi) is 3.76. The van der Waals surface area contributed by atoms with E-state index in [1.807, 2.05) is 6.92 Å². The van der Waals surface area contributed by atoms with Crippen LogP contribution in [0.1, 0.15) is 72.1 Å². The molecule has 0 aromatic rings. The SMILES string of the molecule is CC(=O)C1CCC2C3CC=C4CC(Cl)CCC4(C)C3CCC12C. The number of hydrogen-bond acceptors (Lipinski definition) is 1. The largest absolute Gasteiger partial charge is 0.300 e. The van der Waals surface area contributed by atoms with Crippen LogP contribution in [0.5, 0.6) is 0 Å². The molecule has 4 rings (SSSR count). The van der Waals surface area contributed by atoms with Gasteiger partial charge in [-0.05, 0) is 86.9 Å². The molecule has 1 nitrogen and oxygen atoms in total. The molecular formula is C21H31ClO. The van der Waals surface area contributed by atoms with E-state index < -0.39 is 0 Å². The fourth-order valence-corrected chi connectivity index (χ4v) is 7.56. The summed E-state index contributed by atoms with van der Waals surface area (Å²) < 4.78 is 0. The van der Waals surface area contributed by atoms with E-state index in [0.29, 0.717) is 22.5 Å². The first-order chi connectivity index (χ1) is 10.9. The van der Waals surface area contributed by atoms with E-state index >= 15 is 0 Å². The number of carbonyl (C=O) groups excluding carboxylic acids is 1. The molecule has 3 saturated carbocycles. The minimum Gasteiger partial charge on any atom is -0.300 e. The lowest BCUT2D eigenvalue weighted by molar-refractivity contribution is -0.127. The van der Waals surface area contributed by atoms with Crippen molar-refractivity contribution >= 4 is 17.4 Å². The Balaban J connectivity index is 1.66. The fourth-order valence-electron chi connectivity index (χ4n) is 7.28. The quantitative estimate of drug-likeness (QED) is 0.440. The summed E-state index contributed by atoms with van der Waals surface area (Å²) in [6, 6.07) is 0. The molecular weight excluding hydrogens is 304 g/mol. The number of rotatable bonds is 1. The number of alkyl halides is 1. The van der Waals surface area contributed by atoms with Crippen molar-refractivity contribution in [2.45, 2.75) is 77.5 Å². The second kappa shape index (κ2) is 5.35. The second-order valence-corrected chi connectivity index (χ2v) is 10.0. The van der Waals surface area contributed by atoms with Crippen molar-refractivity contribution in [3.05, 3.63) is 11.6 Å². The van der Waals surface area contributed by atoms with Crippen molar-refractivity contribution in [2.75, 3.05) is 0 Å². The van der Waals surface area contributed by atoms with E-state index in [-0.39, 0.29) is 5.41 Å². The minimum absolute atomic E-state index is 0.276. The maximum atomic E-state index is 12.2. The summed E-state index contributed by atoms with van der Waals surface area (Å²) in [5.41, 5.74) is 2.33. The van der Waals surface area contributed by atoms with Crippen molar-refractivity contribution in [3.8, 4) is 0 Å². The Hall–Kier alpha value is -0.300. The third kappa shape index (κ3) is 2.21. The van der Waals surface area contributed by atoms with E-state index in [9.17, 15) is 4.79 Å². The Morgan fingerprint density at radius 2 is 1.91 bits per heavy atom. The molecule has 0 heterocycles. The maximum absolute atomic E-state index is 12.2. The lowest BCUT2D eigenvalue weighted by atomic mass is 9.47. The summed E-state index contributed by atoms with van der Waals surface area (Å²) in [6.07, 6.45) is 12.4. The van der Waals surface area contributed by atoms with Gasteiger partial charge in [-0.1, -0.05) is 25.5 Å². The van der Waals surface area contributed by atoms with E-state index in [0.717, 1.165) is 30.6 Å². The molecule has 0 amide bonds. The third-order valence-electron chi connectivity index (χ3n) is 8.53. The molecule has 0 radical (unpaired) electrons. The van der Waals surface area contributed by atoms with Gasteiger partial charge < -0.3 is 0 Å². The summed E-state index contributed by atoms with van der Waals surface area (Å²) in [7, 11) is 0. The van der Waals surface area contributed by atoms with Crippen LogP contribution in [0.15, 0.2) is 11.6 Å². The van der Waals surface area contributed by atoms with Gasteiger partial charge in [0.1, 0.15) is 5.78 Å². The van der Waals surface area contributed by atoms with Crippen LogP contribution in [-0.4, -0.2) is 11.2 Å². The highest BCUT2D eigenvalue weighted by molar-refractivity contribution is 6.20. The smallest absolute Gasteiger partial charge is 0.133 e. The summed E-state index contributed by atoms with van der Waals surface area (Å²) in [4.78, 5) is 12.2. The van der Waals surface area contributed by atoms with Gasteiger partial charge in [0.05, 0.1) is 0 Å². The molecule has 7 atom stereocenters. The van der Waals surface area contributed by atoms with Gasteiger partial charge in [-0.3, -0.25) is 4.79 Å². The Labute approximate surface area is 146 Å². The monoisotopic (exact) mass is 334 g/mol. The third-order valence-corrected chi connectivity index (χ3v) is 8.91. The molecule has 7 unspecified atom stereocenters. The van der Waals surface area contributed by atoms with E-state index in [1.165, 1.54) is 38.5 Å². The van der Waals surface area contributed by atoms with Gasteiger partial charge in [-0.25, -0.2) is 0 Å². The highest BCUT2D eigenvalue weighted by Crippen LogP contribution is 2.66. The van der Waals surface area contributed by atoms with Gasteiger partial charge in [0, 0.05) is 11.3 Å². The molecule has 0 bridgehead atoms. The molecule has 23 heavy (non-hydrogen) atoms. The molecule has 0 aliphatic heterocycles. The molecule has 0 saturated heterocycles. The van der Waals surface area contributed by atoms with Crippen LogP contribution in [0, 0.1) is 34.5 Å². The number of carbonyl (C=O) groups is 1. The topological polar surface area (TPSA) is 17.1 Å². The van der Waals surface area contributed by atoms with Crippen LogP contribution >= 0.6 is 11.6 Å². The zero-order valence-electron chi connectivity index (χ0n) is 14.9. The van der Waals surface area contributed by atoms with Gasteiger partial charge in [-0.15, -0.1) is 11.6 Å². The maximum Gasteiger partial charge on any atom is 0.133 e. The predicted molar refractivity (Wildman–Crippen MR) is 95.5 cm³/mol. The first-order valence-corrected chi connectivity index (χ1v) is 10.1. The van der Waals surface area contributed by atoms with Crippen LogP contribution in [-0.2, 0) is 4.79 Å². The standard InChI is InChI=1S/C21H31ClO/c1-13(23)17-6-7-18-16-5-4-14-12-15(22)8-10-20(14,2)19(16)9-11-21(17,18)3/h4,15-19H,5-12H2,1-3H3. The van der Waals surface area contributed by atoms with Gasteiger partial charge in [-0.2, -0.15) is 0 Å². The average Bonchev–Trinajstić information content (AvgIpc) is 2.85. The predicted octanol–water partition coefficient (Wildman–Crippen LogP) is 5.76. The summed E-state index contributed by atoms with van der Waals surface area (Å²) in [5, 5.41) is 0.355. The summed E-state index contributed by atoms with van der Waals surface area (Å²) in [5.74, 6) is 3.16. The molecule has 0 N–H and O–H groups in total. The number of ketones is 1. The second-order valence-electron chi connectivity index (χ2n) is 9.38. The molecule has 128 valence electrons. The molecule has 4 aliphatic rings. The highest BCUT2D eigenvalue weighted by Gasteiger charge is 2.59. The van der Waals surface area contributed by atoms with Crippen LogP contribution < -0.4 is 0 Å². The van der Waals surface area contributed by atoms with Crippen LogP contribution in [0.3, 0.4) is 0 Å². The van der Waals surface area contributed by atoms with Crippen molar-refractivity contribution < 1.29 is 4.79 Å². The number of halogens is 1. The molecule has 4 aliphatic carbocycles. The van der Waals surface area contributed by atoms with Crippen LogP contribution in [0.4, 0.5) is 0 Å². The molecule has 0 spiro atoms. The molecule has 0 aromatic heterocycles. The van der Waals surface area contributed by atoms with Crippen molar-refractivity contribution in [1.29, 1.82) is 0 Å². The van der Waals surface area contributed by atoms with Gasteiger partial charge >= 0.3 is 0 Å². The first-order valence-electron chi connectivity index (χ1n) is 9.70. The van der Waals surface area contributed by atoms with Gasteiger partial charge in [0.25, 0.3) is 0 Å². The zero-order chi connectivity index (χ0) is 16.4. The summed E-state index contributed by atoms with van der Waals surface area (Å²) in [6.45, 7) is 6.79. The van der Waals surface area contributed by atoms with E-state index in [4.69, 9.17) is 11.6 Å². The van der Waals surface area contributed by atoms with E-state index in [1.54, 1.807) is 5.57 Å². The van der Waals surface area contributed by atoms with Crippen molar-refractivity contribution in [2.24, 2.45) is 34.5 Å². The average molecular weight is 335 g/mol. The Morgan fingerprint density at radius 3 is 2.65 bits per heavy atom. The number of allylic oxidation sites excluding steroid dienone is 2. The number of Topliss-reactive ketones (excluding diaryl/α,β-unsaturated/α-hetero) is 1. The Morgan fingerprint density at radius 1 is 1.13 bits per heavy atom. The normalized spacial score (nSPS) is 52.2. The lowest BCUT2D eigenvalue weighted by Crippen LogP contribution is -2.50. The van der Waals surface area contributed by atoms with Gasteiger partial charge in [0.15, 0.2) is 0 Å². The molecule has 0 aromatic carbocycles. The minimum atomic E-state index is 0.276. The first kappa shape index (κ1) is 16.2. The molecule has 2 heteroatoms. The van der Waals surface area contributed by atoms with Crippen molar-refractivity contribution in [1.82, 2.24) is 0 Å². The lowest BCUT2D eigenvalue weighted by Gasteiger charge is -2.57. The fraction of sp³-hybridized carbons (Fsp3) is 0.857. The molecule has 3 fully saturated rings. The summed E-state index contributed by atoms with van der Waals surface area (Å²) >= 11 is 6.46. The van der Waals surface area contributed by atoms with Crippen LogP contribution in [0.25, 0.3) is 0 Å². The van der Waals surface area contributed by atoms with E-state index in [2.05, 4.69) is 19.9 Å². The number of hydrogen-bond donors (Lipinski definition) is 0. The van der Waals surface area contributed by atoms with Crippen molar-refractivity contribution in [3.63, 3.8) is 0 Å².